The van der Waals surface area contributed by atoms with Crippen molar-refractivity contribution in [2.75, 3.05) is 13.7 Å². The van der Waals surface area contributed by atoms with E-state index in [1.165, 1.54) is 0 Å². The van der Waals surface area contributed by atoms with Crippen LogP contribution in [0.4, 0.5) is 0 Å². The number of methoxy groups -OCH3 is 1. The van der Waals surface area contributed by atoms with E-state index in [-0.39, 0.29) is 5.91 Å². The third-order valence-corrected chi connectivity index (χ3v) is 5.82. The summed E-state index contributed by atoms with van der Waals surface area (Å²) in [4.78, 5) is 16.1. The van der Waals surface area contributed by atoms with Gasteiger partial charge in [0.25, 0.3) is 5.91 Å². The SMILES string of the molecule is COc1cc(C(=O)N(CC(C)C)C2CC2)ccc1OCc1ccc(Br)s1. The Labute approximate surface area is 167 Å². The van der Waals surface area contributed by atoms with Crippen LogP contribution in [0.2, 0.25) is 0 Å². The van der Waals surface area contributed by atoms with Crippen molar-refractivity contribution >= 4 is 33.2 Å². The summed E-state index contributed by atoms with van der Waals surface area (Å²) in [5.74, 6) is 1.77. The van der Waals surface area contributed by atoms with Crippen molar-refractivity contribution in [2.24, 2.45) is 5.92 Å². The molecule has 0 radical (unpaired) electrons. The molecule has 0 N–H and O–H groups in total. The minimum atomic E-state index is 0.0771. The second-order valence-electron chi connectivity index (χ2n) is 6.94. The predicted octanol–water partition coefficient (Wildman–Crippen LogP) is 5.36. The van der Waals surface area contributed by atoms with Crippen LogP contribution in [-0.2, 0) is 6.61 Å². The lowest BCUT2D eigenvalue weighted by atomic mass is 10.1. The molecular formula is C20H24BrNO3S. The Balaban J connectivity index is 1.73. The Morgan fingerprint density at radius 2 is 2.04 bits per heavy atom. The summed E-state index contributed by atoms with van der Waals surface area (Å²) in [5.41, 5.74) is 0.653. The first-order valence-corrected chi connectivity index (χ1v) is 10.4. The summed E-state index contributed by atoms with van der Waals surface area (Å²) in [6.07, 6.45) is 2.21. The zero-order valence-electron chi connectivity index (χ0n) is 15.3. The first kappa shape index (κ1) is 19.2. The molecule has 0 spiro atoms. The summed E-state index contributed by atoms with van der Waals surface area (Å²) in [6.45, 7) is 5.55. The van der Waals surface area contributed by atoms with Crippen LogP contribution in [0.1, 0.15) is 41.9 Å². The summed E-state index contributed by atoms with van der Waals surface area (Å²) >= 11 is 5.09. The van der Waals surface area contributed by atoms with E-state index in [0.29, 0.717) is 35.6 Å². The molecule has 0 atom stereocenters. The van der Waals surface area contributed by atoms with Crippen LogP contribution in [0.5, 0.6) is 11.5 Å². The monoisotopic (exact) mass is 437 g/mol. The molecule has 3 rings (SSSR count). The molecular weight excluding hydrogens is 414 g/mol. The van der Waals surface area contributed by atoms with Crippen molar-refractivity contribution in [3.63, 3.8) is 0 Å². The summed E-state index contributed by atoms with van der Waals surface area (Å²) < 4.78 is 12.4. The number of hydrogen-bond acceptors (Lipinski definition) is 4. The lowest BCUT2D eigenvalue weighted by Crippen LogP contribution is -2.36. The number of ether oxygens (including phenoxy) is 2. The van der Waals surface area contributed by atoms with E-state index in [0.717, 1.165) is 28.0 Å². The Kier molecular flexibility index (Phi) is 6.24. The number of nitrogens with zero attached hydrogens (tertiary/aromatic N) is 1. The van der Waals surface area contributed by atoms with Gasteiger partial charge in [0.2, 0.25) is 0 Å². The summed E-state index contributed by atoms with van der Waals surface area (Å²) in [6, 6.07) is 9.87. The van der Waals surface area contributed by atoms with Crippen molar-refractivity contribution in [2.45, 2.75) is 39.3 Å². The smallest absolute Gasteiger partial charge is 0.254 e. The van der Waals surface area contributed by atoms with E-state index in [4.69, 9.17) is 9.47 Å². The van der Waals surface area contributed by atoms with E-state index < -0.39 is 0 Å². The van der Waals surface area contributed by atoms with Gasteiger partial charge in [-0.2, -0.15) is 0 Å². The number of rotatable bonds is 8. The van der Waals surface area contributed by atoms with Crippen LogP contribution in [0.15, 0.2) is 34.1 Å². The molecule has 1 fully saturated rings. The number of halogens is 1. The van der Waals surface area contributed by atoms with Gasteiger partial charge in [-0.25, -0.2) is 0 Å². The Bertz CT molecular complexity index is 770. The molecule has 0 bridgehead atoms. The van der Waals surface area contributed by atoms with E-state index in [1.54, 1.807) is 24.5 Å². The minimum absolute atomic E-state index is 0.0771. The van der Waals surface area contributed by atoms with Crippen molar-refractivity contribution in [1.29, 1.82) is 0 Å². The molecule has 1 saturated carbocycles. The van der Waals surface area contributed by atoms with Crippen LogP contribution >= 0.6 is 27.3 Å². The third-order valence-electron chi connectivity index (χ3n) is 4.22. The van der Waals surface area contributed by atoms with Gasteiger partial charge in [0.1, 0.15) is 6.61 Å². The fraction of sp³-hybridized carbons (Fsp3) is 0.450. The fourth-order valence-electron chi connectivity index (χ4n) is 2.84. The van der Waals surface area contributed by atoms with Crippen LogP contribution < -0.4 is 9.47 Å². The highest BCUT2D eigenvalue weighted by atomic mass is 79.9. The van der Waals surface area contributed by atoms with E-state index in [1.807, 2.05) is 29.2 Å². The maximum Gasteiger partial charge on any atom is 0.254 e. The molecule has 6 heteroatoms. The zero-order valence-corrected chi connectivity index (χ0v) is 17.7. The van der Waals surface area contributed by atoms with Crippen molar-refractivity contribution < 1.29 is 14.3 Å². The molecule has 1 aromatic heterocycles. The standard InChI is InChI=1S/C20H24BrNO3S/c1-13(2)11-22(15-5-6-15)20(23)14-4-8-17(18(10-14)24-3)25-12-16-7-9-19(21)26-16/h4,7-10,13,15H,5-6,11-12H2,1-3H3. The highest BCUT2D eigenvalue weighted by molar-refractivity contribution is 9.11. The zero-order chi connectivity index (χ0) is 18.7. The predicted molar refractivity (Wildman–Crippen MR) is 108 cm³/mol. The van der Waals surface area contributed by atoms with Crippen molar-refractivity contribution in [3.8, 4) is 11.5 Å². The molecule has 4 nitrogen and oxygen atoms in total. The number of hydrogen-bond donors (Lipinski definition) is 0. The molecule has 0 saturated heterocycles. The van der Waals surface area contributed by atoms with Crippen LogP contribution in [0.3, 0.4) is 0 Å². The van der Waals surface area contributed by atoms with Crippen LogP contribution in [-0.4, -0.2) is 30.5 Å². The molecule has 1 aromatic carbocycles. The van der Waals surface area contributed by atoms with Gasteiger partial charge >= 0.3 is 0 Å². The largest absolute Gasteiger partial charge is 0.493 e. The highest BCUT2D eigenvalue weighted by Gasteiger charge is 2.33. The van der Waals surface area contributed by atoms with E-state index in [2.05, 4.69) is 29.8 Å². The average molecular weight is 438 g/mol. The quantitative estimate of drug-likeness (QED) is 0.557. The minimum Gasteiger partial charge on any atom is -0.493 e. The maximum absolute atomic E-state index is 12.9. The van der Waals surface area contributed by atoms with Gasteiger partial charge in [0, 0.05) is 23.0 Å². The van der Waals surface area contributed by atoms with Gasteiger partial charge in [-0.3, -0.25) is 4.79 Å². The molecule has 1 amide bonds. The van der Waals surface area contributed by atoms with Gasteiger partial charge in [0.05, 0.1) is 10.9 Å². The Hall–Kier alpha value is -1.53. The van der Waals surface area contributed by atoms with Crippen molar-refractivity contribution in [3.05, 3.63) is 44.6 Å². The molecule has 2 aromatic rings. The molecule has 140 valence electrons. The maximum atomic E-state index is 12.9. The normalized spacial score (nSPS) is 13.7. The van der Waals surface area contributed by atoms with Gasteiger partial charge in [-0.05, 0) is 65.0 Å². The number of carbonyl (C=O) groups is 1. The van der Waals surface area contributed by atoms with Gasteiger partial charge < -0.3 is 14.4 Å². The molecule has 1 aliphatic rings. The first-order chi connectivity index (χ1) is 12.5. The van der Waals surface area contributed by atoms with Gasteiger partial charge in [0.15, 0.2) is 11.5 Å². The van der Waals surface area contributed by atoms with Crippen LogP contribution in [0.25, 0.3) is 0 Å². The molecule has 0 unspecified atom stereocenters. The average Bonchev–Trinajstić information content (AvgIpc) is 3.38. The second-order valence-corrected chi connectivity index (χ2v) is 9.49. The summed E-state index contributed by atoms with van der Waals surface area (Å²) in [7, 11) is 1.60. The number of carbonyl (C=O) groups excluding carboxylic acids is 1. The lowest BCUT2D eigenvalue weighted by molar-refractivity contribution is 0.0722. The van der Waals surface area contributed by atoms with E-state index in [9.17, 15) is 4.79 Å². The second kappa shape index (κ2) is 8.44. The lowest BCUT2D eigenvalue weighted by Gasteiger charge is -2.25. The topological polar surface area (TPSA) is 38.8 Å². The first-order valence-electron chi connectivity index (χ1n) is 8.84. The number of amides is 1. The fourth-order valence-corrected chi connectivity index (χ4v) is 4.24. The number of benzene rings is 1. The molecule has 1 aliphatic carbocycles. The molecule has 1 heterocycles. The van der Waals surface area contributed by atoms with Crippen LogP contribution in [0, 0.1) is 5.92 Å². The highest BCUT2D eigenvalue weighted by Crippen LogP contribution is 2.33. The molecule has 0 aliphatic heterocycles. The summed E-state index contributed by atoms with van der Waals surface area (Å²) in [5, 5.41) is 0. The van der Waals surface area contributed by atoms with Gasteiger partial charge in [-0.1, -0.05) is 13.8 Å². The Morgan fingerprint density at radius 3 is 2.62 bits per heavy atom. The third kappa shape index (κ3) is 4.80. The Morgan fingerprint density at radius 1 is 1.27 bits per heavy atom. The van der Waals surface area contributed by atoms with Gasteiger partial charge in [-0.15, -0.1) is 11.3 Å². The van der Waals surface area contributed by atoms with Crippen molar-refractivity contribution in [1.82, 2.24) is 4.90 Å². The molecule has 26 heavy (non-hydrogen) atoms. The van der Waals surface area contributed by atoms with E-state index >= 15 is 0 Å². The number of thiophene rings is 1.